The number of nitrogens with zero attached hydrogens (tertiary/aromatic N) is 3. The van der Waals surface area contributed by atoms with Gasteiger partial charge in [-0.25, -0.2) is 4.98 Å². The minimum Gasteiger partial charge on any atom is -0.337 e. The molecule has 0 amide bonds. The SMILES string of the molecule is CC(C)C[C@H](N)c1nc(-c2ncc(Cl)cc2Cl)no1. The van der Waals surface area contributed by atoms with Gasteiger partial charge in [0.2, 0.25) is 11.7 Å². The van der Waals surface area contributed by atoms with E-state index in [2.05, 4.69) is 29.0 Å². The standard InChI is InChI=1S/C12H14Cl2N4O/c1-6(2)3-9(15)12-17-11(18-19-12)10-8(14)4-7(13)5-16-10/h4-6,9H,3,15H2,1-2H3/t9-/m0/s1. The summed E-state index contributed by atoms with van der Waals surface area (Å²) in [4.78, 5) is 8.32. The van der Waals surface area contributed by atoms with Crippen molar-refractivity contribution in [2.75, 3.05) is 0 Å². The van der Waals surface area contributed by atoms with Crippen LogP contribution in [-0.4, -0.2) is 15.1 Å². The highest BCUT2D eigenvalue weighted by Gasteiger charge is 2.19. The maximum absolute atomic E-state index is 6.04. The first-order chi connectivity index (χ1) is 8.97. The van der Waals surface area contributed by atoms with Crippen molar-refractivity contribution in [2.45, 2.75) is 26.3 Å². The number of aromatic nitrogens is 3. The summed E-state index contributed by atoms with van der Waals surface area (Å²) >= 11 is 11.8. The van der Waals surface area contributed by atoms with Crippen LogP contribution >= 0.6 is 23.2 Å². The van der Waals surface area contributed by atoms with Crippen molar-refractivity contribution >= 4 is 23.2 Å². The molecule has 7 heteroatoms. The summed E-state index contributed by atoms with van der Waals surface area (Å²) in [7, 11) is 0. The van der Waals surface area contributed by atoms with Crippen molar-refractivity contribution in [1.29, 1.82) is 0 Å². The Hall–Kier alpha value is -1.17. The van der Waals surface area contributed by atoms with E-state index in [0.29, 0.717) is 33.4 Å². The molecule has 0 aliphatic rings. The summed E-state index contributed by atoms with van der Waals surface area (Å²) in [6, 6.07) is 1.29. The molecular formula is C12H14Cl2N4O. The molecule has 2 aromatic rings. The third-order valence-corrected chi connectivity index (χ3v) is 3.00. The van der Waals surface area contributed by atoms with Gasteiger partial charge in [-0.15, -0.1) is 0 Å². The van der Waals surface area contributed by atoms with Gasteiger partial charge >= 0.3 is 0 Å². The first-order valence-corrected chi connectivity index (χ1v) is 6.63. The van der Waals surface area contributed by atoms with E-state index >= 15 is 0 Å². The molecular weight excluding hydrogens is 287 g/mol. The van der Waals surface area contributed by atoms with Crippen molar-refractivity contribution in [3.8, 4) is 11.5 Å². The molecule has 0 aliphatic heterocycles. The molecule has 0 fully saturated rings. The van der Waals surface area contributed by atoms with E-state index in [9.17, 15) is 0 Å². The van der Waals surface area contributed by atoms with Crippen LogP contribution in [0.4, 0.5) is 0 Å². The van der Waals surface area contributed by atoms with Crippen LogP contribution in [0.3, 0.4) is 0 Å². The molecule has 0 saturated heterocycles. The first kappa shape index (κ1) is 14.2. The van der Waals surface area contributed by atoms with Gasteiger partial charge in [-0.05, 0) is 18.4 Å². The Morgan fingerprint density at radius 3 is 2.74 bits per heavy atom. The number of nitrogens with two attached hydrogens (primary N) is 1. The zero-order valence-electron chi connectivity index (χ0n) is 10.6. The predicted molar refractivity (Wildman–Crippen MR) is 73.9 cm³/mol. The van der Waals surface area contributed by atoms with Crippen LogP contribution < -0.4 is 5.73 Å². The summed E-state index contributed by atoms with van der Waals surface area (Å²) < 4.78 is 5.15. The second-order valence-corrected chi connectivity index (χ2v) is 5.52. The Kier molecular flexibility index (Phi) is 4.39. The number of hydrogen-bond donors (Lipinski definition) is 1. The van der Waals surface area contributed by atoms with E-state index in [1.807, 2.05) is 0 Å². The topological polar surface area (TPSA) is 77.8 Å². The van der Waals surface area contributed by atoms with E-state index < -0.39 is 0 Å². The summed E-state index contributed by atoms with van der Waals surface area (Å²) in [6.45, 7) is 4.16. The van der Waals surface area contributed by atoms with E-state index in [4.69, 9.17) is 33.5 Å². The van der Waals surface area contributed by atoms with Crippen LogP contribution in [-0.2, 0) is 0 Å². The van der Waals surface area contributed by atoms with Crippen LogP contribution in [0, 0.1) is 5.92 Å². The van der Waals surface area contributed by atoms with Crippen molar-refractivity contribution in [2.24, 2.45) is 11.7 Å². The van der Waals surface area contributed by atoms with Gasteiger partial charge < -0.3 is 10.3 Å². The second kappa shape index (κ2) is 5.86. The van der Waals surface area contributed by atoms with Crippen molar-refractivity contribution in [3.63, 3.8) is 0 Å². The zero-order valence-corrected chi connectivity index (χ0v) is 12.1. The lowest BCUT2D eigenvalue weighted by molar-refractivity contribution is 0.335. The lowest BCUT2D eigenvalue weighted by Gasteiger charge is -2.08. The highest BCUT2D eigenvalue weighted by molar-refractivity contribution is 6.35. The van der Waals surface area contributed by atoms with E-state index in [1.54, 1.807) is 6.07 Å². The number of pyridine rings is 1. The van der Waals surface area contributed by atoms with Crippen molar-refractivity contribution in [3.05, 3.63) is 28.2 Å². The molecule has 2 aromatic heterocycles. The van der Waals surface area contributed by atoms with Gasteiger partial charge in [-0.2, -0.15) is 4.98 Å². The van der Waals surface area contributed by atoms with Gasteiger partial charge in [-0.3, -0.25) is 0 Å². The molecule has 5 nitrogen and oxygen atoms in total. The second-order valence-electron chi connectivity index (χ2n) is 4.68. The third-order valence-electron chi connectivity index (χ3n) is 2.50. The Morgan fingerprint density at radius 1 is 1.37 bits per heavy atom. The summed E-state index contributed by atoms with van der Waals surface area (Å²) in [6.07, 6.45) is 2.25. The predicted octanol–water partition coefficient (Wildman–Crippen LogP) is 3.48. The fourth-order valence-electron chi connectivity index (χ4n) is 1.67. The Labute approximate surface area is 121 Å². The van der Waals surface area contributed by atoms with Gasteiger partial charge in [0.25, 0.3) is 0 Å². The van der Waals surface area contributed by atoms with Gasteiger partial charge in [-0.1, -0.05) is 42.2 Å². The summed E-state index contributed by atoms with van der Waals surface area (Å²) in [5.74, 6) is 1.15. The molecule has 0 bridgehead atoms. The minimum atomic E-state index is -0.285. The summed E-state index contributed by atoms with van der Waals surface area (Å²) in [5, 5.41) is 4.67. The first-order valence-electron chi connectivity index (χ1n) is 5.88. The minimum absolute atomic E-state index is 0.285. The molecule has 2 N–H and O–H groups in total. The average Bonchev–Trinajstić information content (AvgIpc) is 2.77. The average molecular weight is 301 g/mol. The zero-order chi connectivity index (χ0) is 14.0. The van der Waals surface area contributed by atoms with E-state index in [-0.39, 0.29) is 6.04 Å². The van der Waals surface area contributed by atoms with Gasteiger partial charge in [0.1, 0.15) is 5.69 Å². The van der Waals surface area contributed by atoms with Crippen LogP contribution in [0.1, 0.15) is 32.2 Å². The number of halogens is 2. The normalized spacial score (nSPS) is 12.9. The summed E-state index contributed by atoms with van der Waals surface area (Å²) in [5.41, 5.74) is 6.41. The maximum Gasteiger partial charge on any atom is 0.243 e. The molecule has 0 spiro atoms. The lowest BCUT2D eigenvalue weighted by atomic mass is 10.0. The van der Waals surface area contributed by atoms with Crippen LogP contribution in [0.2, 0.25) is 10.0 Å². The van der Waals surface area contributed by atoms with Crippen LogP contribution in [0.5, 0.6) is 0 Å². The molecule has 0 aromatic carbocycles. The molecule has 1 atom stereocenters. The smallest absolute Gasteiger partial charge is 0.243 e. The highest BCUT2D eigenvalue weighted by Crippen LogP contribution is 2.27. The number of rotatable bonds is 4. The van der Waals surface area contributed by atoms with Gasteiger partial charge in [0.15, 0.2) is 0 Å². The Balaban J connectivity index is 2.25. The highest BCUT2D eigenvalue weighted by atomic mass is 35.5. The van der Waals surface area contributed by atoms with E-state index in [0.717, 1.165) is 6.42 Å². The van der Waals surface area contributed by atoms with Crippen LogP contribution in [0.15, 0.2) is 16.8 Å². The third kappa shape index (κ3) is 3.43. The van der Waals surface area contributed by atoms with Crippen molar-refractivity contribution in [1.82, 2.24) is 15.1 Å². The monoisotopic (exact) mass is 300 g/mol. The lowest BCUT2D eigenvalue weighted by Crippen LogP contribution is -2.13. The molecule has 0 aliphatic carbocycles. The van der Waals surface area contributed by atoms with Crippen molar-refractivity contribution < 1.29 is 4.52 Å². The largest absolute Gasteiger partial charge is 0.337 e. The Morgan fingerprint density at radius 2 is 2.11 bits per heavy atom. The quantitative estimate of drug-likeness (QED) is 0.935. The van der Waals surface area contributed by atoms with E-state index in [1.165, 1.54) is 6.20 Å². The Bertz CT molecular complexity index is 571. The molecule has 19 heavy (non-hydrogen) atoms. The molecule has 102 valence electrons. The number of hydrogen-bond acceptors (Lipinski definition) is 5. The molecule has 0 unspecified atom stereocenters. The maximum atomic E-state index is 6.04. The molecule has 2 rings (SSSR count). The van der Waals surface area contributed by atoms with Gasteiger partial charge in [0, 0.05) is 6.20 Å². The van der Waals surface area contributed by atoms with Gasteiger partial charge in [0.05, 0.1) is 16.1 Å². The molecule has 0 radical (unpaired) electrons. The van der Waals surface area contributed by atoms with Crippen LogP contribution in [0.25, 0.3) is 11.5 Å². The molecule has 2 heterocycles. The molecule has 0 saturated carbocycles. The fourth-order valence-corrected chi connectivity index (χ4v) is 2.13. The fraction of sp³-hybridized carbons (Fsp3) is 0.417.